The predicted molar refractivity (Wildman–Crippen MR) is 223 cm³/mol. The molecule has 54 heavy (non-hydrogen) atoms. The average molecular weight is 689 g/mol. The third kappa shape index (κ3) is 5.67. The van der Waals surface area contributed by atoms with Crippen LogP contribution in [0.2, 0.25) is 0 Å². The predicted octanol–water partition coefficient (Wildman–Crippen LogP) is 12.7. The van der Waals surface area contributed by atoms with Gasteiger partial charge in [0.25, 0.3) is 0 Å². The van der Waals surface area contributed by atoms with Crippen LogP contribution in [0.1, 0.15) is 0 Å². The molecule has 2 heterocycles. The van der Waals surface area contributed by atoms with Gasteiger partial charge in [0.1, 0.15) is 0 Å². The summed E-state index contributed by atoms with van der Waals surface area (Å²) >= 11 is 0. The van der Waals surface area contributed by atoms with Crippen LogP contribution in [0, 0.1) is 0 Å². The first-order valence-electron chi connectivity index (χ1n) is 18.1. The summed E-state index contributed by atoms with van der Waals surface area (Å²) in [5.74, 6) is 1.92. The highest BCUT2D eigenvalue weighted by Gasteiger charge is 2.17. The normalized spacial score (nSPS) is 11.3. The van der Waals surface area contributed by atoms with Gasteiger partial charge in [0.2, 0.25) is 0 Å². The number of pyridine rings is 1. The Hall–Kier alpha value is -7.30. The van der Waals surface area contributed by atoms with Crippen LogP contribution in [-0.4, -0.2) is 19.9 Å². The molecule has 0 amide bonds. The van der Waals surface area contributed by atoms with Crippen molar-refractivity contribution in [1.29, 1.82) is 0 Å². The first-order valence-corrected chi connectivity index (χ1v) is 18.1. The molecule has 4 nitrogen and oxygen atoms in total. The molecule has 252 valence electrons. The summed E-state index contributed by atoms with van der Waals surface area (Å²) in [6, 6.07) is 65.7. The molecule has 0 aliphatic rings. The summed E-state index contributed by atoms with van der Waals surface area (Å²) in [6.07, 6.45) is 1.89. The van der Waals surface area contributed by atoms with E-state index in [9.17, 15) is 0 Å². The maximum absolute atomic E-state index is 5.02. The van der Waals surface area contributed by atoms with Crippen molar-refractivity contribution in [2.75, 3.05) is 0 Å². The molecule has 0 radical (unpaired) electrons. The molecule has 0 bridgehead atoms. The number of benzene rings is 8. The summed E-state index contributed by atoms with van der Waals surface area (Å²) in [5, 5.41) is 5.87. The Morgan fingerprint density at radius 2 is 0.722 bits per heavy atom. The SMILES string of the molecule is c1ccc(-c2ccc(-c3cc4c5ccccc5c(-c5cccc(-c6nc(-c7ccccc7)nc(-c7ccccc7)n6)c5)cc4c4cccnc34)cc2)cc1. The highest BCUT2D eigenvalue weighted by atomic mass is 15.0. The van der Waals surface area contributed by atoms with Gasteiger partial charge in [-0.05, 0) is 73.6 Å². The number of hydrogen-bond donors (Lipinski definition) is 0. The Bertz CT molecular complexity index is 2900. The first kappa shape index (κ1) is 31.4. The molecular weight excluding hydrogens is 657 g/mol. The van der Waals surface area contributed by atoms with Gasteiger partial charge >= 0.3 is 0 Å². The molecule has 0 aliphatic heterocycles. The number of hydrogen-bond acceptors (Lipinski definition) is 4. The minimum atomic E-state index is 0.632. The lowest BCUT2D eigenvalue weighted by Gasteiger charge is -2.16. The summed E-state index contributed by atoms with van der Waals surface area (Å²) in [5.41, 5.74) is 10.7. The second kappa shape index (κ2) is 13.4. The van der Waals surface area contributed by atoms with Crippen molar-refractivity contribution in [1.82, 2.24) is 19.9 Å². The topological polar surface area (TPSA) is 51.6 Å². The fraction of sp³-hybridized carbons (Fsp3) is 0. The van der Waals surface area contributed by atoms with Gasteiger partial charge in [-0.2, -0.15) is 0 Å². The maximum Gasteiger partial charge on any atom is 0.164 e. The van der Waals surface area contributed by atoms with Crippen LogP contribution in [0.4, 0.5) is 0 Å². The monoisotopic (exact) mass is 688 g/mol. The zero-order valence-corrected chi connectivity index (χ0v) is 29.3. The fourth-order valence-corrected chi connectivity index (χ4v) is 7.52. The summed E-state index contributed by atoms with van der Waals surface area (Å²) in [4.78, 5) is 19.9. The molecule has 10 aromatic rings. The minimum absolute atomic E-state index is 0.632. The van der Waals surface area contributed by atoms with Crippen LogP contribution in [0.25, 0.3) is 100.0 Å². The van der Waals surface area contributed by atoms with Gasteiger partial charge in [-0.25, -0.2) is 15.0 Å². The van der Waals surface area contributed by atoms with Crippen LogP contribution in [0.3, 0.4) is 0 Å². The molecule has 0 unspecified atom stereocenters. The first-order chi connectivity index (χ1) is 26.8. The van der Waals surface area contributed by atoms with Crippen molar-refractivity contribution in [3.63, 3.8) is 0 Å². The van der Waals surface area contributed by atoms with Gasteiger partial charge in [-0.1, -0.05) is 164 Å². The van der Waals surface area contributed by atoms with Crippen LogP contribution < -0.4 is 0 Å². The van der Waals surface area contributed by atoms with E-state index in [1.165, 1.54) is 32.7 Å². The van der Waals surface area contributed by atoms with Crippen LogP contribution in [0.15, 0.2) is 194 Å². The lowest BCUT2D eigenvalue weighted by molar-refractivity contribution is 1.07. The average Bonchev–Trinajstić information content (AvgIpc) is 3.26. The molecule has 0 aliphatic carbocycles. The third-order valence-electron chi connectivity index (χ3n) is 10.2. The van der Waals surface area contributed by atoms with Crippen molar-refractivity contribution in [3.05, 3.63) is 194 Å². The number of fused-ring (bicyclic) bond motifs is 5. The summed E-state index contributed by atoms with van der Waals surface area (Å²) in [7, 11) is 0. The van der Waals surface area contributed by atoms with E-state index in [1.54, 1.807) is 0 Å². The quantitative estimate of drug-likeness (QED) is 0.163. The largest absolute Gasteiger partial charge is 0.256 e. The van der Waals surface area contributed by atoms with Gasteiger partial charge in [0.15, 0.2) is 17.5 Å². The maximum atomic E-state index is 5.02. The number of nitrogens with zero attached hydrogens (tertiary/aromatic N) is 4. The lowest BCUT2D eigenvalue weighted by Crippen LogP contribution is -2.00. The molecule has 0 spiro atoms. The van der Waals surface area contributed by atoms with Gasteiger partial charge in [0, 0.05) is 33.8 Å². The molecular formula is C50H32N4. The Labute approximate surface area is 313 Å². The summed E-state index contributed by atoms with van der Waals surface area (Å²) in [6.45, 7) is 0. The Kier molecular flexibility index (Phi) is 7.77. The minimum Gasteiger partial charge on any atom is -0.256 e. The van der Waals surface area contributed by atoms with Crippen molar-refractivity contribution in [2.24, 2.45) is 0 Å². The highest BCUT2D eigenvalue weighted by molar-refractivity contribution is 6.23. The molecule has 2 aromatic heterocycles. The Morgan fingerprint density at radius 3 is 1.39 bits per heavy atom. The van der Waals surface area contributed by atoms with E-state index < -0.39 is 0 Å². The third-order valence-corrected chi connectivity index (χ3v) is 10.2. The van der Waals surface area contributed by atoms with Crippen molar-refractivity contribution >= 4 is 32.4 Å². The summed E-state index contributed by atoms with van der Waals surface area (Å²) < 4.78 is 0. The second-order valence-electron chi connectivity index (χ2n) is 13.5. The van der Waals surface area contributed by atoms with E-state index in [4.69, 9.17) is 19.9 Å². The Morgan fingerprint density at radius 1 is 0.259 bits per heavy atom. The molecule has 10 rings (SSSR count). The van der Waals surface area contributed by atoms with Crippen molar-refractivity contribution in [2.45, 2.75) is 0 Å². The van der Waals surface area contributed by atoms with E-state index >= 15 is 0 Å². The van der Waals surface area contributed by atoms with E-state index in [0.717, 1.165) is 49.8 Å². The lowest BCUT2D eigenvalue weighted by atomic mass is 9.88. The highest BCUT2D eigenvalue weighted by Crippen LogP contribution is 2.42. The molecule has 0 fully saturated rings. The van der Waals surface area contributed by atoms with Crippen LogP contribution in [0.5, 0.6) is 0 Å². The van der Waals surface area contributed by atoms with E-state index in [0.29, 0.717) is 17.5 Å². The molecule has 0 N–H and O–H groups in total. The number of rotatable bonds is 6. The number of aromatic nitrogens is 4. The molecule has 4 heteroatoms. The van der Waals surface area contributed by atoms with Crippen LogP contribution >= 0.6 is 0 Å². The zero-order valence-electron chi connectivity index (χ0n) is 29.3. The molecule has 8 aromatic carbocycles. The van der Waals surface area contributed by atoms with Gasteiger partial charge in [-0.3, -0.25) is 4.98 Å². The fourth-order valence-electron chi connectivity index (χ4n) is 7.52. The van der Waals surface area contributed by atoms with Gasteiger partial charge in [0.05, 0.1) is 5.52 Å². The standard InChI is InChI=1S/C50H32N4/c1-4-14-33(15-5-1)34-25-27-35(28-26-34)44-32-45-41-23-11-10-22-40(41)43(31-46(45)42-24-13-29-51-47(42)44)38-20-12-21-39(30-38)50-53-48(36-16-6-2-7-17-36)52-49(54-50)37-18-8-3-9-19-37/h1-32H. The van der Waals surface area contributed by atoms with Gasteiger partial charge in [-0.15, -0.1) is 0 Å². The van der Waals surface area contributed by atoms with E-state index in [2.05, 4.69) is 121 Å². The Balaban J connectivity index is 1.14. The van der Waals surface area contributed by atoms with E-state index in [1.807, 2.05) is 72.9 Å². The zero-order chi connectivity index (χ0) is 35.8. The van der Waals surface area contributed by atoms with E-state index in [-0.39, 0.29) is 0 Å². The molecule has 0 saturated heterocycles. The second-order valence-corrected chi connectivity index (χ2v) is 13.5. The van der Waals surface area contributed by atoms with Crippen molar-refractivity contribution < 1.29 is 0 Å². The molecule has 0 saturated carbocycles. The van der Waals surface area contributed by atoms with Crippen LogP contribution in [-0.2, 0) is 0 Å². The molecule has 0 atom stereocenters. The van der Waals surface area contributed by atoms with Crippen molar-refractivity contribution in [3.8, 4) is 67.5 Å². The smallest absolute Gasteiger partial charge is 0.164 e. The van der Waals surface area contributed by atoms with Gasteiger partial charge < -0.3 is 0 Å².